The van der Waals surface area contributed by atoms with E-state index in [9.17, 15) is 9.59 Å². The Hall–Kier alpha value is -2.05. The van der Waals surface area contributed by atoms with Crippen LogP contribution in [-0.4, -0.2) is 15.2 Å². The monoisotopic (exact) mass is 373 g/mol. The summed E-state index contributed by atoms with van der Waals surface area (Å²) in [5, 5.41) is 0.554. The lowest BCUT2D eigenvalue weighted by molar-refractivity contribution is 0.578. The first-order valence-electron chi connectivity index (χ1n) is 8.94. The van der Waals surface area contributed by atoms with Crippen molar-refractivity contribution in [3.8, 4) is 0 Å². The lowest BCUT2D eigenvalue weighted by Crippen LogP contribution is -2.36. The number of hydrogen-bond donors (Lipinski definition) is 1. The van der Waals surface area contributed by atoms with Gasteiger partial charge in [0.1, 0.15) is 0 Å². The van der Waals surface area contributed by atoms with Crippen LogP contribution in [0.1, 0.15) is 27.2 Å². The Morgan fingerprint density at radius 1 is 1.08 bits per heavy atom. The molecule has 0 aliphatic heterocycles. The van der Waals surface area contributed by atoms with E-state index >= 15 is 0 Å². The van der Waals surface area contributed by atoms with Crippen LogP contribution in [0.5, 0.6) is 0 Å². The van der Waals surface area contributed by atoms with E-state index in [0.29, 0.717) is 16.8 Å². The zero-order valence-electron chi connectivity index (χ0n) is 16.0. The van der Waals surface area contributed by atoms with E-state index in [1.807, 2.05) is 32.0 Å². The van der Waals surface area contributed by atoms with Crippen LogP contribution in [0.15, 0.2) is 57.0 Å². The van der Waals surface area contributed by atoms with Crippen molar-refractivity contribution in [2.45, 2.75) is 38.1 Å². The summed E-state index contributed by atoms with van der Waals surface area (Å²) in [5.41, 5.74) is 0.0819. The van der Waals surface area contributed by atoms with E-state index in [-0.39, 0.29) is 17.3 Å². The molecule has 26 heavy (non-hydrogen) atoms. The molecule has 1 aliphatic rings. The smallest absolute Gasteiger partial charge is 0.296 e. The third-order valence-electron chi connectivity index (χ3n) is 4.29. The molecule has 1 aromatic heterocycles. The summed E-state index contributed by atoms with van der Waals surface area (Å²) >= 11 is 1.51. The summed E-state index contributed by atoms with van der Waals surface area (Å²) in [6.07, 6.45) is 9.52. The lowest BCUT2D eigenvalue weighted by atomic mass is 10.0. The molecule has 0 saturated heterocycles. The maximum Gasteiger partial charge on any atom is 0.330 e. The van der Waals surface area contributed by atoms with Gasteiger partial charge in [0.15, 0.2) is 0 Å². The van der Waals surface area contributed by atoms with Crippen molar-refractivity contribution in [2.24, 2.45) is 20.0 Å². The fraction of sp³-hybridized carbons (Fsp3) is 0.400. The number of nitrogens with one attached hydrogen (secondary N) is 1. The van der Waals surface area contributed by atoms with Gasteiger partial charge in [-0.25, -0.2) is 4.79 Å². The molecule has 0 bridgehead atoms. The van der Waals surface area contributed by atoms with Gasteiger partial charge in [-0.1, -0.05) is 45.1 Å². The van der Waals surface area contributed by atoms with Crippen LogP contribution in [0.4, 0.5) is 0 Å². The van der Waals surface area contributed by atoms with Gasteiger partial charge in [-0.15, -0.1) is 0 Å². The predicted molar refractivity (Wildman–Crippen MR) is 111 cm³/mol. The molecule has 1 N–H and O–H groups in total. The third kappa shape index (κ3) is 4.37. The molecule has 5 nitrogen and oxygen atoms in total. The zero-order chi connectivity index (χ0) is 19.3. The molecule has 0 amide bonds. The maximum absolute atomic E-state index is 12.3. The summed E-state index contributed by atoms with van der Waals surface area (Å²) in [6.45, 7) is 6.20. The van der Waals surface area contributed by atoms with E-state index in [1.165, 1.54) is 23.6 Å². The zero-order valence-corrected chi connectivity index (χ0v) is 16.8. The van der Waals surface area contributed by atoms with Crippen molar-refractivity contribution in [1.29, 1.82) is 0 Å². The summed E-state index contributed by atoms with van der Waals surface area (Å²) in [6, 6.07) is 5.88. The first-order valence-corrected chi connectivity index (χ1v) is 9.76. The molecule has 3 rings (SSSR count). The fourth-order valence-corrected chi connectivity index (χ4v) is 3.65. The highest BCUT2D eigenvalue weighted by Crippen LogP contribution is 2.22. The van der Waals surface area contributed by atoms with Gasteiger partial charge < -0.3 is 0 Å². The first-order chi connectivity index (χ1) is 12.5. The second-order valence-corrected chi connectivity index (χ2v) is 7.11. The van der Waals surface area contributed by atoms with Gasteiger partial charge in [0.25, 0.3) is 5.56 Å². The van der Waals surface area contributed by atoms with Crippen LogP contribution in [0.25, 0.3) is 10.9 Å². The van der Waals surface area contributed by atoms with E-state index in [1.54, 1.807) is 7.05 Å². The molecule has 0 fully saturated rings. The Morgan fingerprint density at radius 2 is 1.77 bits per heavy atom. The Bertz CT molecular complexity index is 940. The van der Waals surface area contributed by atoms with E-state index < -0.39 is 0 Å². The van der Waals surface area contributed by atoms with Crippen molar-refractivity contribution in [3.63, 3.8) is 0 Å². The number of rotatable bonds is 3. The summed E-state index contributed by atoms with van der Waals surface area (Å²) in [7, 11) is 3.19. The number of aromatic nitrogens is 2. The second-order valence-electron chi connectivity index (χ2n) is 6.19. The SMILES string of the molecule is CC.CC1C=CC=CC(NSc2ccc3c(c2)c(=O)n(C)c(=O)n3C)C1. The Labute approximate surface area is 158 Å². The molecule has 2 unspecified atom stereocenters. The maximum atomic E-state index is 12.3. The van der Waals surface area contributed by atoms with Gasteiger partial charge in [-0.2, -0.15) is 0 Å². The molecule has 2 atom stereocenters. The molecular formula is C20H27N3O2S. The average molecular weight is 374 g/mol. The van der Waals surface area contributed by atoms with Crippen LogP contribution in [0, 0.1) is 5.92 Å². The lowest BCUT2D eigenvalue weighted by Gasteiger charge is -2.16. The highest BCUT2D eigenvalue weighted by atomic mass is 32.2. The number of hydrogen-bond acceptors (Lipinski definition) is 4. The molecular weight excluding hydrogens is 346 g/mol. The number of benzene rings is 1. The van der Waals surface area contributed by atoms with E-state index in [0.717, 1.165) is 15.9 Å². The summed E-state index contributed by atoms with van der Waals surface area (Å²) < 4.78 is 6.09. The minimum atomic E-state index is -0.309. The number of fused-ring (bicyclic) bond motifs is 1. The normalized spacial score (nSPS) is 19.1. The van der Waals surface area contributed by atoms with Crippen molar-refractivity contribution in [3.05, 3.63) is 63.3 Å². The first kappa shape index (κ1) is 20.3. The van der Waals surface area contributed by atoms with Gasteiger partial charge in [0, 0.05) is 25.0 Å². The molecule has 1 heterocycles. The second kappa shape index (κ2) is 9.05. The molecule has 140 valence electrons. The number of allylic oxidation sites excluding steroid dienone is 3. The van der Waals surface area contributed by atoms with Gasteiger partial charge in [-0.05, 0) is 42.5 Å². The molecule has 1 aliphatic carbocycles. The van der Waals surface area contributed by atoms with E-state index in [2.05, 4.69) is 35.9 Å². The molecule has 6 heteroatoms. The van der Waals surface area contributed by atoms with Crippen LogP contribution in [-0.2, 0) is 14.1 Å². The fourth-order valence-electron chi connectivity index (χ4n) is 2.88. The highest BCUT2D eigenvalue weighted by molar-refractivity contribution is 7.97. The van der Waals surface area contributed by atoms with Crippen LogP contribution < -0.4 is 16.0 Å². The molecule has 1 aromatic carbocycles. The minimum Gasteiger partial charge on any atom is -0.296 e. The Balaban J connectivity index is 0.00000117. The van der Waals surface area contributed by atoms with Gasteiger partial charge >= 0.3 is 5.69 Å². The Kier molecular flexibility index (Phi) is 7.06. The highest BCUT2D eigenvalue weighted by Gasteiger charge is 2.12. The predicted octanol–water partition coefficient (Wildman–Crippen LogP) is 3.38. The largest absolute Gasteiger partial charge is 0.330 e. The van der Waals surface area contributed by atoms with Crippen LogP contribution >= 0.6 is 11.9 Å². The molecule has 0 spiro atoms. The number of nitrogens with zero attached hydrogens (tertiary/aromatic N) is 2. The van der Waals surface area contributed by atoms with E-state index in [4.69, 9.17) is 0 Å². The summed E-state index contributed by atoms with van der Waals surface area (Å²) in [5.74, 6) is 0.525. The van der Waals surface area contributed by atoms with Gasteiger partial charge in [0.05, 0.1) is 10.9 Å². The number of aryl methyl sites for hydroxylation is 1. The summed E-state index contributed by atoms with van der Waals surface area (Å²) in [4.78, 5) is 25.3. The standard InChI is InChI=1S/C18H21N3O2S.C2H6/c1-12-6-4-5-7-13(10-12)19-24-14-8-9-16-15(11-14)17(22)21(3)18(23)20(16)2;1-2/h4-9,11-13,19H,10H2,1-3H3;1-2H3. The quantitative estimate of drug-likeness (QED) is 0.838. The molecule has 0 saturated carbocycles. The third-order valence-corrected chi connectivity index (χ3v) is 5.20. The van der Waals surface area contributed by atoms with Crippen molar-refractivity contribution in [2.75, 3.05) is 0 Å². The van der Waals surface area contributed by atoms with Crippen LogP contribution in [0.3, 0.4) is 0 Å². The van der Waals surface area contributed by atoms with Crippen molar-refractivity contribution < 1.29 is 0 Å². The van der Waals surface area contributed by atoms with Crippen molar-refractivity contribution in [1.82, 2.24) is 13.9 Å². The Morgan fingerprint density at radius 3 is 2.50 bits per heavy atom. The van der Waals surface area contributed by atoms with Gasteiger partial charge in [0.2, 0.25) is 0 Å². The van der Waals surface area contributed by atoms with Crippen LogP contribution in [0.2, 0.25) is 0 Å². The topological polar surface area (TPSA) is 56.0 Å². The molecule has 2 aromatic rings. The molecule has 0 radical (unpaired) electrons. The van der Waals surface area contributed by atoms with Gasteiger partial charge in [-0.3, -0.25) is 18.7 Å². The minimum absolute atomic E-state index is 0.261. The average Bonchev–Trinajstić information content (AvgIpc) is 2.88. The van der Waals surface area contributed by atoms with Crippen molar-refractivity contribution >= 4 is 22.9 Å².